The third kappa shape index (κ3) is 2.87. The first kappa shape index (κ1) is 17.3. The van der Waals surface area contributed by atoms with Gasteiger partial charge in [-0.25, -0.2) is 0 Å². The van der Waals surface area contributed by atoms with Crippen molar-refractivity contribution in [3.63, 3.8) is 0 Å². The zero-order valence-electron chi connectivity index (χ0n) is 15.3. The summed E-state index contributed by atoms with van der Waals surface area (Å²) in [4.78, 5) is 30.5. The fourth-order valence-electron chi connectivity index (χ4n) is 4.39. The summed E-state index contributed by atoms with van der Waals surface area (Å²) in [6, 6.07) is 13.5. The fraction of sp³-hybridized carbons (Fsp3) is 0.273. The lowest BCUT2D eigenvalue weighted by molar-refractivity contribution is -0.132. The van der Waals surface area contributed by atoms with E-state index in [0.29, 0.717) is 31.0 Å². The number of nitrogens with one attached hydrogen (secondary N) is 2. The Balaban J connectivity index is 1.30. The summed E-state index contributed by atoms with van der Waals surface area (Å²) in [6.07, 6.45) is 1.70. The van der Waals surface area contributed by atoms with E-state index in [4.69, 9.17) is 11.6 Å². The van der Waals surface area contributed by atoms with Crippen LogP contribution in [-0.4, -0.2) is 28.2 Å². The molecule has 5 rings (SSSR count). The quantitative estimate of drug-likeness (QED) is 0.699. The molecular formula is C22H20ClN3O2. The first-order chi connectivity index (χ1) is 13.6. The minimum atomic E-state index is -0.243. The van der Waals surface area contributed by atoms with Gasteiger partial charge in [0.05, 0.1) is 5.92 Å². The Morgan fingerprint density at radius 1 is 1.21 bits per heavy atom. The molecule has 2 aromatic carbocycles. The largest absolute Gasteiger partial charge is 0.358 e. The fourth-order valence-corrected chi connectivity index (χ4v) is 4.56. The van der Waals surface area contributed by atoms with Crippen molar-refractivity contribution < 1.29 is 9.59 Å². The van der Waals surface area contributed by atoms with E-state index in [-0.39, 0.29) is 17.7 Å². The molecule has 0 bridgehead atoms. The molecule has 0 spiro atoms. The summed E-state index contributed by atoms with van der Waals surface area (Å²) in [5.74, 6) is -0.159. The second-order valence-electron chi connectivity index (χ2n) is 7.51. The van der Waals surface area contributed by atoms with E-state index in [1.165, 1.54) is 5.69 Å². The van der Waals surface area contributed by atoms with Crippen LogP contribution >= 0.6 is 11.6 Å². The van der Waals surface area contributed by atoms with Crippen molar-refractivity contribution in [1.29, 1.82) is 0 Å². The highest BCUT2D eigenvalue weighted by Gasteiger charge is 2.31. The highest BCUT2D eigenvalue weighted by atomic mass is 35.5. The van der Waals surface area contributed by atoms with Crippen molar-refractivity contribution in [2.24, 2.45) is 0 Å². The number of para-hydroxylation sites is 1. The van der Waals surface area contributed by atoms with Crippen LogP contribution in [0.15, 0.2) is 42.5 Å². The monoisotopic (exact) mass is 393 g/mol. The Hall–Kier alpha value is -2.79. The number of aromatic amines is 1. The number of benzene rings is 2. The molecule has 1 atom stereocenters. The van der Waals surface area contributed by atoms with Crippen LogP contribution in [0.2, 0.25) is 5.02 Å². The highest BCUT2D eigenvalue weighted by Crippen LogP contribution is 2.35. The second-order valence-corrected chi connectivity index (χ2v) is 7.94. The normalized spacial score (nSPS) is 18.1. The molecule has 3 aromatic rings. The SMILES string of the molecule is O=C1Nc2ccccc2[C@@H]1CCC(=O)N1CCc2[nH]c3ccc(Cl)cc3c2C1. The Morgan fingerprint density at radius 3 is 2.96 bits per heavy atom. The second kappa shape index (κ2) is 6.67. The number of fused-ring (bicyclic) bond motifs is 4. The summed E-state index contributed by atoms with van der Waals surface area (Å²) in [7, 11) is 0. The lowest BCUT2D eigenvalue weighted by Crippen LogP contribution is -2.36. The molecule has 1 aromatic heterocycles. The van der Waals surface area contributed by atoms with Gasteiger partial charge in [-0.15, -0.1) is 0 Å². The van der Waals surface area contributed by atoms with Gasteiger partial charge in [-0.3, -0.25) is 9.59 Å². The molecule has 2 amide bonds. The molecule has 2 aliphatic heterocycles. The predicted molar refractivity (Wildman–Crippen MR) is 109 cm³/mol. The van der Waals surface area contributed by atoms with E-state index in [0.717, 1.165) is 34.1 Å². The number of anilines is 1. The number of nitrogens with zero attached hydrogens (tertiary/aromatic N) is 1. The van der Waals surface area contributed by atoms with Crippen LogP contribution in [0.1, 0.15) is 35.6 Å². The Kier molecular flexibility index (Phi) is 4.13. The van der Waals surface area contributed by atoms with Gasteiger partial charge in [-0.2, -0.15) is 0 Å². The van der Waals surface area contributed by atoms with Gasteiger partial charge in [-0.1, -0.05) is 29.8 Å². The van der Waals surface area contributed by atoms with Crippen LogP contribution in [0.3, 0.4) is 0 Å². The number of H-pyrrole nitrogens is 1. The zero-order chi connectivity index (χ0) is 19.3. The molecule has 0 aliphatic carbocycles. The number of aromatic nitrogens is 1. The summed E-state index contributed by atoms with van der Waals surface area (Å²) in [5, 5.41) is 4.69. The third-order valence-corrected chi connectivity index (χ3v) is 6.08. The van der Waals surface area contributed by atoms with Crippen molar-refractivity contribution in [2.45, 2.75) is 31.7 Å². The van der Waals surface area contributed by atoms with E-state index in [1.807, 2.05) is 47.4 Å². The van der Waals surface area contributed by atoms with Crippen LogP contribution in [0.4, 0.5) is 5.69 Å². The molecule has 6 heteroatoms. The number of carbonyl (C=O) groups is 2. The number of amides is 2. The van der Waals surface area contributed by atoms with E-state index in [9.17, 15) is 9.59 Å². The van der Waals surface area contributed by atoms with Crippen molar-refractivity contribution in [2.75, 3.05) is 11.9 Å². The standard InChI is InChI=1S/C22H20ClN3O2/c23-13-5-7-19-16(11-13)17-12-26(10-9-20(17)24-19)21(27)8-6-15-14-3-1-2-4-18(14)25-22(15)28/h1-5,7,11,15,24H,6,8-10,12H2,(H,25,28)/t15-/m0/s1. The minimum absolute atomic E-state index is 0.0128. The molecule has 142 valence electrons. The summed E-state index contributed by atoms with van der Waals surface area (Å²) >= 11 is 6.16. The molecule has 2 aliphatic rings. The summed E-state index contributed by atoms with van der Waals surface area (Å²) in [6.45, 7) is 1.28. The van der Waals surface area contributed by atoms with Gasteiger partial charge in [0.2, 0.25) is 11.8 Å². The molecule has 28 heavy (non-hydrogen) atoms. The maximum Gasteiger partial charge on any atom is 0.232 e. The van der Waals surface area contributed by atoms with Crippen molar-refractivity contribution >= 4 is 40.0 Å². The van der Waals surface area contributed by atoms with E-state index in [1.54, 1.807) is 0 Å². The van der Waals surface area contributed by atoms with Crippen LogP contribution in [0.5, 0.6) is 0 Å². The van der Waals surface area contributed by atoms with Gasteiger partial charge in [0.15, 0.2) is 0 Å². The van der Waals surface area contributed by atoms with Gasteiger partial charge in [0.1, 0.15) is 0 Å². The maximum absolute atomic E-state index is 12.9. The first-order valence-corrected chi connectivity index (χ1v) is 9.94. The number of hydrogen-bond donors (Lipinski definition) is 2. The van der Waals surface area contributed by atoms with E-state index >= 15 is 0 Å². The van der Waals surface area contributed by atoms with Crippen molar-refractivity contribution in [1.82, 2.24) is 9.88 Å². The van der Waals surface area contributed by atoms with Crippen molar-refractivity contribution in [3.8, 4) is 0 Å². The first-order valence-electron chi connectivity index (χ1n) is 9.56. The van der Waals surface area contributed by atoms with Crippen LogP contribution < -0.4 is 5.32 Å². The molecule has 0 saturated heterocycles. The van der Waals surface area contributed by atoms with Crippen LogP contribution in [-0.2, 0) is 22.6 Å². The van der Waals surface area contributed by atoms with E-state index in [2.05, 4.69) is 10.3 Å². The highest BCUT2D eigenvalue weighted by molar-refractivity contribution is 6.31. The Labute approximate surface area is 167 Å². The van der Waals surface area contributed by atoms with Gasteiger partial charge < -0.3 is 15.2 Å². The average molecular weight is 394 g/mol. The molecule has 0 fully saturated rings. The topological polar surface area (TPSA) is 65.2 Å². The molecule has 0 saturated carbocycles. The maximum atomic E-state index is 12.9. The lowest BCUT2D eigenvalue weighted by Gasteiger charge is -2.27. The van der Waals surface area contributed by atoms with Crippen LogP contribution in [0, 0.1) is 0 Å². The molecule has 5 nitrogen and oxygen atoms in total. The Bertz CT molecular complexity index is 1100. The molecule has 0 unspecified atom stereocenters. The smallest absolute Gasteiger partial charge is 0.232 e. The average Bonchev–Trinajstić information content (AvgIpc) is 3.22. The van der Waals surface area contributed by atoms with Gasteiger partial charge >= 0.3 is 0 Å². The minimum Gasteiger partial charge on any atom is -0.358 e. The molecular weight excluding hydrogens is 374 g/mol. The van der Waals surface area contributed by atoms with E-state index < -0.39 is 0 Å². The number of hydrogen-bond acceptors (Lipinski definition) is 2. The van der Waals surface area contributed by atoms with Gasteiger partial charge in [0, 0.05) is 58.8 Å². The Morgan fingerprint density at radius 2 is 2.07 bits per heavy atom. The van der Waals surface area contributed by atoms with Crippen molar-refractivity contribution in [3.05, 3.63) is 64.3 Å². The molecule has 2 N–H and O–H groups in total. The number of rotatable bonds is 3. The van der Waals surface area contributed by atoms with Gasteiger partial charge in [0.25, 0.3) is 0 Å². The summed E-state index contributed by atoms with van der Waals surface area (Å²) < 4.78 is 0. The number of carbonyl (C=O) groups excluding carboxylic acids is 2. The molecule has 0 radical (unpaired) electrons. The predicted octanol–water partition coefficient (Wildman–Crippen LogP) is 4.22. The lowest BCUT2D eigenvalue weighted by atomic mass is 9.95. The third-order valence-electron chi connectivity index (χ3n) is 5.85. The zero-order valence-corrected chi connectivity index (χ0v) is 16.1. The van der Waals surface area contributed by atoms with Crippen LogP contribution in [0.25, 0.3) is 10.9 Å². The number of halogens is 1. The molecule has 3 heterocycles. The summed E-state index contributed by atoms with van der Waals surface area (Å²) in [5.41, 5.74) is 5.25. The van der Waals surface area contributed by atoms with Gasteiger partial charge in [-0.05, 0) is 36.2 Å².